The van der Waals surface area contributed by atoms with Crippen molar-refractivity contribution in [3.8, 4) is 0 Å². The van der Waals surface area contributed by atoms with E-state index in [-0.39, 0.29) is 23.6 Å². The normalized spacial score (nSPS) is 32.0. The monoisotopic (exact) mass is 584 g/mol. The smallest absolute Gasteiger partial charge is 0.410 e. The molecule has 1 heterocycles. The van der Waals surface area contributed by atoms with Crippen molar-refractivity contribution in [2.75, 3.05) is 32.8 Å². The highest BCUT2D eigenvalue weighted by Crippen LogP contribution is 2.64. The second-order valence-corrected chi connectivity index (χ2v) is 14.8. The van der Waals surface area contributed by atoms with Crippen LogP contribution in [0.25, 0.3) is 5.41 Å². The summed E-state index contributed by atoms with van der Waals surface area (Å²) in [6, 6.07) is 0.522. The van der Waals surface area contributed by atoms with Crippen molar-refractivity contribution >= 4 is 18.2 Å². The Bertz CT molecular complexity index is 995. The molecule has 9 nitrogen and oxygen atoms in total. The average molecular weight is 585 g/mol. The van der Waals surface area contributed by atoms with Gasteiger partial charge in [0.15, 0.2) is 5.88 Å². The summed E-state index contributed by atoms with van der Waals surface area (Å²) in [5, 5.41) is 20.4. The molecule has 0 bridgehead atoms. The van der Waals surface area contributed by atoms with Crippen molar-refractivity contribution in [2.24, 2.45) is 35.5 Å². The summed E-state index contributed by atoms with van der Waals surface area (Å²) in [4.78, 5) is 27.7. The summed E-state index contributed by atoms with van der Waals surface area (Å²) in [5.74, 6) is 4.16. The summed E-state index contributed by atoms with van der Waals surface area (Å²) in [6.07, 6.45) is 12.2. The Morgan fingerprint density at radius 3 is 2.38 bits per heavy atom. The van der Waals surface area contributed by atoms with E-state index in [0.717, 1.165) is 49.7 Å². The number of nitrogens with zero attached hydrogens (tertiary/aromatic N) is 2. The van der Waals surface area contributed by atoms with Crippen LogP contribution in [0.2, 0.25) is 0 Å². The highest BCUT2D eigenvalue weighted by Gasteiger charge is 2.62. The van der Waals surface area contributed by atoms with Crippen molar-refractivity contribution in [2.45, 2.75) is 110 Å². The predicted octanol–water partition coefficient (Wildman–Crippen LogP) is 4.81. The van der Waals surface area contributed by atoms with Crippen molar-refractivity contribution < 1.29 is 19.1 Å². The van der Waals surface area contributed by atoms with Gasteiger partial charge in [-0.1, -0.05) is 26.2 Å². The largest absolute Gasteiger partial charge is 0.810 e. The molecule has 0 aromatic carbocycles. The summed E-state index contributed by atoms with van der Waals surface area (Å²) < 4.78 is 11.8. The molecule has 0 spiro atoms. The first-order valence-electron chi connectivity index (χ1n) is 16.7. The zero-order chi connectivity index (χ0) is 29.9. The van der Waals surface area contributed by atoms with Crippen LogP contribution in [0.5, 0.6) is 0 Å². The number of piperidine rings is 1. The molecule has 6 unspecified atom stereocenters. The first kappa shape index (κ1) is 31.1. The van der Waals surface area contributed by atoms with Gasteiger partial charge in [-0.3, -0.25) is 4.79 Å². The number of carbonyl (C=O) groups excluding carboxylic acids is 2. The van der Waals surface area contributed by atoms with E-state index in [1.54, 1.807) is 4.90 Å². The van der Waals surface area contributed by atoms with Gasteiger partial charge < -0.3 is 35.7 Å². The maximum atomic E-state index is 13.5. The van der Waals surface area contributed by atoms with Crippen molar-refractivity contribution in [3.05, 3.63) is 16.9 Å². The number of hydrogen-bond donors (Lipinski definition) is 3. The number of carbonyl (C=O) groups is 2. The lowest BCUT2D eigenvalue weighted by Crippen LogP contribution is -2.69. The first-order valence-corrected chi connectivity index (χ1v) is 16.7. The second kappa shape index (κ2) is 13.6. The molecule has 1 aliphatic heterocycles. The topological polar surface area (TPSA) is 114 Å². The van der Waals surface area contributed by atoms with Gasteiger partial charge in [-0.2, -0.15) is 6.21 Å². The van der Waals surface area contributed by atoms with E-state index in [0.29, 0.717) is 62.5 Å². The minimum atomic E-state index is -0.487. The van der Waals surface area contributed by atoms with Crippen LogP contribution in [0.3, 0.4) is 0 Å². The maximum absolute atomic E-state index is 13.5. The van der Waals surface area contributed by atoms with Gasteiger partial charge in [-0.15, -0.1) is 0 Å². The van der Waals surface area contributed by atoms with E-state index < -0.39 is 5.60 Å². The lowest BCUT2D eigenvalue weighted by atomic mass is 9.40. The molecule has 236 valence electrons. The van der Waals surface area contributed by atoms with Crippen LogP contribution in [-0.2, 0) is 14.3 Å². The molecule has 0 aromatic heterocycles. The Hall–Kier alpha value is -2.29. The standard InChI is InChI=1S/C33H54N5O4/c1-21-16-23-18-26-28(23)25(17-21)29(26)37-30(39)27(19-34)31(41-20-22-8-6-5-7-9-22)36-13-12-35-24-10-14-38(15-11-24)32(40)42-33(2,3)4/h19,21-26,28-29,35-36H,5-18,20H2,1-4H3,(H,37,39)/q-1/b31-27-. The van der Waals surface area contributed by atoms with E-state index in [2.05, 4.69) is 22.9 Å². The molecule has 5 aliphatic rings. The molecule has 0 aromatic rings. The fraction of sp³-hybridized carbons (Fsp3) is 0.848. The molecule has 0 radical (unpaired) electrons. The number of likely N-dealkylation sites (tertiary alicyclic amines) is 1. The first-order chi connectivity index (χ1) is 20.1. The Morgan fingerprint density at radius 2 is 1.69 bits per heavy atom. The van der Waals surface area contributed by atoms with E-state index in [1.165, 1.54) is 38.5 Å². The molecule has 2 amide bonds. The van der Waals surface area contributed by atoms with Gasteiger partial charge in [0.1, 0.15) is 5.60 Å². The van der Waals surface area contributed by atoms with Crippen LogP contribution in [0, 0.1) is 35.5 Å². The van der Waals surface area contributed by atoms with Gasteiger partial charge in [0.2, 0.25) is 0 Å². The average Bonchev–Trinajstić information content (AvgIpc) is 2.93. The highest BCUT2D eigenvalue weighted by molar-refractivity contribution is 6.13. The number of ether oxygens (including phenoxy) is 2. The third kappa shape index (κ3) is 7.43. The van der Waals surface area contributed by atoms with Crippen molar-refractivity contribution in [1.82, 2.24) is 20.9 Å². The molecule has 4 aliphatic carbocycles. The molecule has 6 atom stereocenters. The highest BCUT2D eigenvalue weighted by atomic mass is 16.6. The van der Waals surface area contributed by atoms with Gasteiger partial charge in [-0.25, -0.2) is 4.79 Å². The van der Waals surface area contributed by atoms with E-state index in [4.69, 9.17) is 9.47 Å². The van der Waals surface area contributed by atoms with E-state index in [1.807, 2.05) is 20.8 Å². The molecule has 4 saturated carbocycles. The van der Waals surface area contributed by atoms with Crippen molar-refractivity contribution in [3.63, 3.8) is 0 Å². The van der Waals surface area contributed by atoms with Crippen LogP contribution in [0.15, 0.2) is 11.5 Å². The third-order valence-corrected chi connectivity index (χ3v) is 10.5. The van der Waals surface area contributed by atoms with Crippen molar-refractivity contribution in [1.29, 1.82) is 0 Å². The molecule has 42 heavy (non-hydrogen) atoms. The third-order valence-electron chi connectivity index (χ3n) is 10.5. The van der Waals surface area contributed by atoms with Gasteiger partial charge in [-0.05, 0) is 101 Å². The number of hydrogen-bond acceptors (Lipinski definition) is 6. The number of amides is 2. The predicted molar refractivity (Wildman–Crippen MR) is 165 cm³/mol. The zero-order valence-electron chi connectivity index (χ0n) is 26.3. The lowest BCUT2D eigenvalue weighted by Gasteiger charge is -2.67. The zero-order valence-corrected chi connectivity index (χ0v) is 26.3. The van der Waals surface area contributed by atoms with Crippen LogP contribution >= 0.6 is 0 Å². The minimum Gasteiger partial charge on any atom is -0.810 e. The summed E-state index contributed by atoms with van der Waals surface area (Å²) in [7, 11) is 0. The Kier molecular flexibility index (Phi) is 10.1. The van der Waals surface area contributed by atoms with Gasteiger partial charge in [0.05, 0.1) is 12.2 Å². The Balaban J connectivity index is 1.13. The molecule has 5 rings (SSSR count). The fourth-order valence-corrected chi connectivity index (χ4v) is 8.40. The summed E-state index contributed by atoms with van der Waals surface area (Å²) in [6.45, 7) is 11.1. The Labute approximate surface area is 252 Å². The number of rotatable bonds is 11. The lowest BCUT2D eigenvalue weighted by molar-refractivity contribution is -0.167. The van der Waals surface area contributed by atoms with Crippen LogP contribution in [0.4, 0.5) is 4.79 Å². The molecule has 3 N–H and O–H groups in total. The van der Waals surface area contributed by atoms with E-state index in [9.17, 15) is 15.0 Å². The number of nitrogens with one attached hydrogen (secondary N) is 3. The maximum Gasteiger partial charge on any atom is 0.410 e. The SMILES string of the molecule is CC1CC2CC3C(NC(=O)/C(C=[N-])=C(/NCCNC4CCN(C(=O)OC(C)(C)C)CC4)OCC4CCCCC4)C(C1)C23. The van der Waals surface area contributed by atoms with Crippen LogP contribution in [0.1, 0.15) is 91.9 Å². The quantitative estimate of drug-likeness (QED) is 0.139. The molecular weight excluding hydrogens is 530 g/mol. The molecular formula is C33H54N5O4-. The molecule has 1 saturated heterocycles. The van der Waals surface area contributed by atoms with Gasteiger partial charge >= 0.3 is 6.09 Å². The van der Waals surface area contributed by atoms with E-state index >= 15 is 0 Å². The Morgan fingerprint density at radius 1 is 0.976 bits per heavy atom. The van der Waals surface area contributed by atoms with Crippen LogP contribution < -0.4 is 16.0 Å². The van der Waals surface area contributed by atoms with Gasteiger partial charge in [0, 0.05) is 38.3 Å². The summed E-state index contributed by atoms with van der Waals surface area (Å²) in [5.41, 5.74) is -0.293. The minimum absolute atomic E-state index is 0.194. The molecule has 5 fully saturated rings. The van der Waals surface area contributed by atoms with Gasteiger partial charge in [0.25, 0.3) is 5.91 Å². The second-order valence-electron chi connectivity index (χ2n) is 14.8. The van der Waals surface area contributed by atoms with Crippen LogP contribution in [-0.4, -0.2) is 73.6 Å². The fourth-order valence-electron chi connectivity index (χ4n) is 8.40. The summed E-state index contributed by atoms with van der Waals surface area (Å²) >= 11 is 0. The molecule has 9 heteroatoms.